The van der Waals surface area contributed by atoms with Crippen LogP contribution in [0.25, 0.3) is 6.08 Å². The second kappa shape index (κ2) is 11.0. The van der Waals surface area contributed by atoms with E-state index in [1.165, 1.54) is 22.6 Å². The number of aromatic nitrogens is 1. The number of thiazole rings is 1. The molecule has 1 atom stereocenters. The van der Waals surface area contributed by atoms with Crippen LogP contribution < -0.4 is 11.1 Å². The molecule has 172 valence electrons. The molecule has 1 saturated carbocycles. The number of furan rings is 1. The van der Waals surface area contributed by atoms with E-state index in [0.29, 0.717) is 16.9 Å². The van der Waals surface area contributed by atoms with Crippen LogP contribution in [0.5, 0.6) is 0 Å². The number of aryl methyl sites for hydroxylation is 1. The molecule has 32 heavy (non-hydrogen) atoms. The van der Waals surface area contributed by atoms with Crippen molar-refractivity contribution >= 4 is 28.5 Å². The Morgan fingerprint density at radius 1 is 1.34 bits per heavy atom. The Hall–Kier alpha value is -2.38. The number of carbonyl (C=O) groups excluding carboxylic acids is 1. The monoisotopic (exact) mass is 454 g/mol. The minimum atomic E-state index is -0.0479. The maximum atomic E-state index is 12.2. The lowest BCUT2D eigenvalue weighted by Gasteiger charge is -2.33. The molecule has 0 saturated heterocycles. The number of nitrogens with one attached hydrogen (secondary N) is 1. The SMILES string of the molecule is CCCN(CC=C1CCC(NC(=O)/C=C/c2ccco2)CC1)C1CCc2nc(N)sc2C1. The second-order valence-corrected chi connectivity index (χ2v) is 9.92. The lowest BCUT2D eigenvalue weighted by Crippen LogP contribution is -2.40. The van der Waals surface area contributed by atoms with Crippen molar-refractivity contribution in [1.82, 2.24) is 15.2 Å². The number of carbonyl (C=O) groups is 1. The minimum absolute atomic E-state index is 0.0479. The van der Waals surface area contributed by atoms with Gasteiger partial charge in [0, 0.05) is 29.6 Å². The number of hydrogen-bond donors (Lipinski definition) is 2. The van der Waals surface area contributed by atoms with E-state index < -0.39 is 0 Å². The number of nitrogens with zero attached hydrogens (tertiary/aromatic N) is 2. The molecule has 0 spiro atoms. The van der Waals surface area contributed by atoms with Crippen LogP contribution in [0, 0.1) is 0 Å². The number of rotatable bonds is 8. The molecule has 0 bridgehead atoms. The zero-order valence-corrected chi connectivity index (χ0v) is 19.7. The summed E-state index contributed by atoms with van der Waals surface area (Å²) in [6, 6.07) is 4.48. The quantitative estimate of drug-likeness (QED) is 0.450. The first-order chi connectivity index (χ1) is 15.6. The van der Waals surface area contributed by atoms with Crippen molar-refractivity contribution in [3.8, 4) is 0 Å². The molecule has 2 aromatic heterocycles. The Labute approximate surface area is 194 Å². The first kappa shape index (κ1) is 22.8. The number of fused-ring (bicyclic) bond motifs is 1. The topological polar surface area (TPSA) is 84.4 Å². The summed E-state index contributed by atoms with van der Waals surface area (Å²) in [5.41, 5.74) is 8.67. The van der Waals surface area contributed by atoms with Gasteiger partial charge in [0.05, 0.1) is 12.0 Å². The third-order valence-corrected chi connectivity index (χ3v) is 7.44. The molecular formula is C25H34N4O2S. The Bertz CT molecular complexity index is 937. The van der Waals surface area contributed by atoms with E-state index in [1.54, 1.807) is 29.8 Å². The van der Waals surface area contributed by atoms with Gasteiger partial charge in [-0.3, -0.25) is 9.69 Å². The smallest absolute Gasteiger partial charge is 0.244 e. The van der Waals surface area contributed by atoms with Crippen LogP contribution in [0.1, 0.15) is 61.8 Å². The van der Waals surface area contributed by atoms with Gasteiger partial charge in [0.2, 0.25) is 5.91 Å². The average molecular weight is 455 g/mol. The summed E-state index contributed by atoms with van der Waals surface area (Å²) >= 11 is 1.66. The average Bonchev–Trinajstić information content (AvgIpc) is 3.44. The number of amides is 1. The third kappa shape index (κ3) is 6.11. The van der Waals surface area contributed by atoms with Gasteiger partial charge in [0.1, 0.15) is 5.76 Å². The second-order valence-electron chi connectivity index (χ2n) is 8.81. The lowest BCUT2D eigenvalue weighted by molar-refractivity contribution is -0.117. The Balaban J connectivity index is 1.25. The zero-order valence-electron chi connectivity index (χ0n) is 18.9. The lowest BCUT2D eigenvalue weighted by atomic mass is 9.90. The van der Waals surface area contributed by atoms with E-state index >= 15 is 0 Å². The molecule has 3 N–H and O–H groups in total. The van der Waals surface area contributed by atoms with Gasteiger partial charge in [-0.05, 0) is 76.1 Å². The van der Waals surface area contributed by atoms with Crippen molar-refractivity contribution in [2.75, 3.05) is 18.8 Å². The van der Waals surface area contributed by atoms with Crippen LogP contribution in [-0.2, 0) is 17.6 Å². The molecule has 4 rings (SSSR count). The molecule has 1 amide bonds. The highest BCUT2D eigenvalue weighted by Gasteiger charge is 2.26. The maximum absolute atomic E-state index is 12.2. The van der Waals surface area contributed by atoms with Gasteiger partial charge in [0.25, 0.3) is 0 Å². The highest BCUT2D eigenvalue weighted by Crippen LogP contribution is 2.31. The Morgan fingerprint density at radius 2 is 2.19 bits per heavy atom. The van der Waals surface area contributed by atoms with E-state index in [9.17, 15) is 4.79 Å². The first-order valence-electron chi connectivity index (χ1n) is 11.8. The van der Waals surface area contributed by atoms with Crippen LogP contribution >= 0.6 is 11.3 Å². The number of nitrogen functional groups attached to an aromatic ring is 1. The number of allylic oxidation sites excluding steroid dienone is 1. The van der Waals surface area contributed by atoms with Gasteiger partial charge in [-0.1, -0.05) is 18.6 Å². The van der Waals surface area contributed by atoms with Crippen molar-refractivity contribution in [2.24, 2.45) is 0 Å². The standard InChI is InChI=1S/C25H34N4O2S/c1-2-14-29(20-9-11-22-23(17-20)32-25(26)28-22)15-13-18-5-7-19(8-6-18)27-24(30)12-10-21-4-3-16-31-21/h3-4,10,12-13,16,19-20H,2,5-9,11,14-15,17H2,1H3,(H2,26,28)(H,27,30)/b12-10+,18-13?. The van der Waals surface area contributed by atoms with E-state index in [4.69, 9.17) is 10.2 Å². The van der Waals surface area contributed by atoms with Crippen LogP contribution in [0.2, 0.25) is 0 Å². The van der Waals surface area contributed by atoms with Crippen LogP contribution in [0.4, 0.5) is 5.13 Å². The molecule has 2 heterocycles. The number of hydrogen-bond acceptors (Lipinski definition) is 6. The van der Waals surface area contributed by atoms with Crippen molar-refractivity contribution < 1.29 is 9.21 Å². The Morgan fingerprint density at radius 3 is 2.94 bits per heavy atom. The minimum Gasteiger partial charge on any atom is -0.465 e. The molecule has 2 aromatic rings. The van der Waals surface area contributed by atoms with Gasteiger partial charge >= 0.3 is 0 Å². The van der Waals surface area contributed by atoms with Crippen LogP contribution in [0.15, 0.2) is 40.5 Å². The highest BCUT2D eigenvalue weighted by atomic mass is 32.1. The highest BCUT2D eigenvalue weighted by molar-refractivity contribution is 7.15. The fourth-order valence-electron chi connectivity index (χ4n) is 4.78. The Kier molecular flexibility index (Phi) is 7.81. The fourth-order valence-corrected chi connectivity index (χ4v) is 5.73. The summed E-state index contributed by atoms with van der Waals surface area (Å²) in [5.74, 6) is 0.645. The largest absolute Gasteiger partial charge is 0.465 e. The maximum Gasteiger partial charge on any atom is 0.244 e. The van der Waals surface area contributed by atoms with Gasteiger partial charge in [-0.25, -0.2) is 4.98 Å². The molecular weight excluding hydrogens is 420 g/mol. The summed E-state index contributed by atoms with van der Waals surface area (Å²) in [6.07, 6.45) is 15.9. The molecule has 0 aromatic carbocycles. The molecule has 0 radical (unpaired) electrons. The fraction of sp³-hybridized carbons (Fsp3) is 0.520. The predicted molar refractivity (Wildman–Crippen MR) is 130 cm³/mol. The van der Waals surface area contributed by atoms with Gasteiger partial charge < -0.3 is 15.5 Å². The van der Waals surface area contributed by atoms with Crippen LogP contribution in [0.3, 0.4) is 0 Å². The van der Waals surface area contributed by atoms with Crippen molar-refractivity contribution in [3.05, 3.63) is 52.5 Å². The summed E-state index contributed by atoms with van der Waals surface area (Å²) in [6.45, 7) is 4.40. The summed E-state index contributed by atoms with van der Waals surface area (Å²) in [5, 5.41) is 3.84. The van der Waals surface area contributed by atoms with Gasteiger partial charge in [-0.2, -0.15) is 0 Å². The summed E-state index contributed by atoms with van der Waals surface area (Å²) < 4.78 is 5.23. The molecule has 0 aliphatic heterocycles. The van der Waals surface area contributed by atoms with E-state index in [2.05, 4.69) is 28.2 Å². The number of nitrogens with two attached hydrogens (primary N) is 1. The zero-order chi connectivity index (χ0) is 22.3. The molecule has 6 nitrogen and oxygen atoms in total. The normalized spacial score (nSPS) is 21.1. The summed E-state index contributed by atoms with van der Waals surface area (Å²) in [4.78, 5) is 20.7. The molecule has 1 fully saturated rings. The van der Waals surface area contributed by atoms with Crippen LogP contribution in [-0.4, -0.2) is 41.0 Å². The number of anilines is 1. The molecule has 2 aliphatic rings. The van der Waals surface area contributed by atoms with Crippen molar-refractivity contribution in [2.45, 2.75) is 70.4 Å². The van der Waals surface area contributed by atoms with Crippen molar-refractivity contribution in [1.29, 1.82) is 0 Å². The van der Waals surface area contributed by atoms with E-state index in [0.717, 1.165) is 58.0 Å². The van der Waals surface area contributed by atoms with Crippen molar-refractivity contribution in [3.63, 3.8) is 0 Å². The van der Waals surface area contributed by atoms with E-state index in [1.807, 2.05) is 12.1 Å². The third-order valence-electron chi connectivity index (χ3n) is 6.49. The predicted octanol–water partition coefficient (Wildman–Crippen LogP) is 4.59. The first-order valence-corrected chi connectivity index (χ1v) is 12.6. The van der Waals surface area contributed by atoms with Gasteiger partial charge in [0.15, 0.2) is 5.13 Å². The molecule has 1 unspecified atom stereocenters. The summed E-state index contributed by atoms with van der Waals surface area (Å²) in [7, 11) is 0. The molecule has 2 aliphatic carbocycles. The van der Waals surface area contributed by atoms with E-state index in [-0.39, 0.29) is 11.9 Å². The van der Waals surface area contributed by atoms with Gasteiger partial charge in [-0.15, -0.1) is 11.3 Å². The molecule has 7 heteroatoms.